The number of aromatic nitrogens is 2. The summed E-state index contributed by atoms with van der Waals surface area (Å²) in [5.41, 5.74) is 1.07. The first-order valence-corrected chi connectivity index (χ1v) is 7.11. The zero-order chi connectivity index (χ0) is 13.2. The third kappa shape index (κ3) is 2.57. The summed E-state index contributed by atoms with van der Waals surface area (Å²) in [6.45, 7) is 0. The molecule has 0 fully saturated rings. The molecule has 3 rings (SSSR count). The molecule has 0 aliphatic carbocycles. The first-order chi connectivity index (χ1) is 9.24. The van der Waals surface area contributed by atoms with Gasteiger partial charge in [0.1, 0.15) is 5.82 Å². The predicted molar refractivity (Wildman–Crippen MR) is 75.6 cm³/mol. The highest BCUT2D eigenvalue weighted by atomic mass is 35.5. The van der Waals surface area contributed by atoms with Crippen LogP contribution in [0, 0.1) is 0 Å². The molecular weight excluding hydrogens is 282 g/mol. The lowest BCUT2D eigenvalue weighted by atomic mass is 10.0. The highest BCUT2D eigenvalue weighted by Gasteiger charge is 2.29. The van der Waals surface area contributed by atoms with Gasteiger partial charge in [-0.15, -0.1) is 11.8 Å². The highest BCUT2D eigenvalue weighted by Crippen LogP contribution is 2.39. The fraction of sp³-hybridized carbons (Fsp3) is 0.154. The van der Waals surface area contributed by atoms with Gasteiger partial charge in [0.05, 0.1) is 5.92 Å². The average molecular weight is 292 g/mol. The molecule has 2 heterocycles. The Morgan fingerprint density at radius 2 is 2.21 bits per heavy atom. The van der Waals surface area contributed by atoms with Crippen molar-refractivity contribution >= 4 is 35.1 Å². The molecule has 0 spiro atoms. The van der Waals surface area contributed by atoms with E-state index in [1.165, 1.54) is 11.1 Å². The smallest absolute Gasteiger partial charge is 0.233 e. The number of hydrogen-bond acceptors (Lipinski definition) is 4. The molecule has 0 radical (unpaired) electrons. The molecule has 96 valence electrons. The second-order valence-electron chi connectivity index (χ2n) is 4.10. The van der Waals surface area contributed by atoms with E-state index in [-0.39, 0.29) is 17.1 Å². The molecule has 1 aliphatic heterocycles. The maximum atomic E-state index is 12.3. The van der Waals surface area contributed by atoms with Gasteiger partial charge in [0.2, 0.25) is 11.2 Å². The second-order valence-corrected chi connectivity index (χ2v) is 5.50. The minimum Gasteiger partial charge on any atom is -0.310 e. The molecule has 0 saturated heterocycles. The quantitative estimate of drug-likeness (QED) is 0.864. The van der Waals surface area contributed by atoms with Crippen molar-refractivity contribution in [3.8, 4) is 0 Å². The summed E-state index contributed by atoms with van der Waals surface area (Å²) in [4.78, 5) is 21.2. The first kappa shape index (κ1) is 12.4. The van der Waals surface area contributed by atoms with Crippen molar-refractivity contribution in [3.05, 3.63) is 47.4 Å². The van der Waals surface area contributed by atoms with Gasteiger partial charge in [0, 0.05) is 16.8 Å². The number of rotatable bonds is 2. The molecule has 2 aromatic rings. The fourth-order valence-electron chi connectivity index (χ4n) is 2.00. The summed E-state index contributed by atoms with van der Waals surface area (Å²) in [6, 6.07) is 9.59. The molecule has 6 heteroatoms. The Hall–Kier alpha value is -1.59. The highest BCUT2D eigenvalue weighted by molar-refractivity contribution is 7.99. The lowest BCUT2D eigenvalue weighted by molar-refractivity contribution is -0.117. The zero-order valence-electron chi connectivity index (χ0n) is 9.84. The summed E-state index contributed by atoms with van der Waals surface area (Å²) in [5.74, 6) is 0.978. The van der Waals surface area contributed by atoms with Gasteiger partial charge in [0.15, 0.2) is 0 Å². The number of carbonyl (C=O) groups is 1. The number of thioether (sulfide) groups is 1. The van der Waals surface area contributed by atoms with Crippen LogP contribution in [0.3, 0.4) is 0 Å². The molecule has 4 nitrogen and oxygen atoms in total. The number of benzene rings is 1. The van der Waals surface area contributed by atoms with E-state index < -0.39 is 0 Å². The van der Waals surface area contributed by atoms with Crippen molar-refractivity contribution in [2.24, 2.45) is 0 Å². The molecule has 1 atom stereocenters. The third-order valence-electron chi connectivity index (χ3n) is 2.89. The van der Waals surface area contributed by atoms with E-state index in [1.54, 1.807) is 17.8 Å². The zero-order valence-corrected chi connectivity index (χ0v) is 11.4. The SMILES string of the molecule is O=C(Nc1ccnc(Cl)n1)C1CSc2ccccc21. The van der Waals surface area contributed by atoms with Crippen LogP contribution in [-0.2, 0) is 4.79 Å². The number of amides is 1. The lowest BCUT2D eigenvalue weighted by Crippen LogP contribution is -2.21. The van der Waals surface area contributed by atoms with Crippen molar-refractivity contribution < 1.29 is 4.79 Å². The third-order valence-corrected chi connectivity index (χ3v) is 4.26. The molecule has 0 saturated carbocycles. The molecule has 1 N–H and O–H groups in total. The van der Waals surface area contributed by atoms with Crippen LogP contribution in [0.15, 0.2) is 41.4 Å². The van der Waals surface area contributed by atoms with Crippen LogP contribution >= 0.6 is 23.4 Å². The Balaban J connectivity index is 1.79. The Labute approximate surface area is 119 Å². The number of nitrogens with zero attached hydrogens (tertiary/aromatic N) is 2. The van der Waals surface area contributed by atoms with Gasteiger partial charge in [-0.25, -0.2) is 9.97 Å². The number of hydrogen-bond donors (Lipinski definition) is 1. The summed E-state index contributed by atoms with van der Waals surface area (Å²) >= 11 is 7.39. The van der Waals surface area contributed by atoms with E-state index in [9.17, 15) is 4.79 Å². The first-order valence-electron chi connectivity index (χ1n) is 5.75. The van der Waals surface area contributed by atoms with Gasteiger partial charge < -0.3 is 5.32 Å². The molecule has 0 bridgehead atoms. The van der Waals surface area contributed by atoms with Crippen molar-refractivity contribution in [1.29, 1.82) is 0 Å². The maximum Gasteiger partial charge on any atom is 0.233 e. The molecule has 1 aliphatic rings. The van der Waals surface area contributed by atoms with E-state index in [0.717, 1.165) is 11.3 Å². The normalized spacial score (nSPS) is 17.0. The van der Waals surface area contributed by atoms with E-state index in [0.29, 0.717) is 5.82 Å². The number of fused-ring (bicyclic) bond motifs is 1. The Bertz CT molecular complexity index is 635. The van der Waals surface area contributed by atoms with Crippen LogP contribution in [0.1, 0.15) is 11.5 Å². The lowest BCUT2D eigenvalue weighted by Gasteiger charge is -2.10. The van der Waals surface area contributed by atoms with Gasteiger partial charge in [-0.3, -0.25) is 4.79 Å². The molecule has 1 unspecified atom stereocenters. The number of anilines is 1. The van der Waals surface area contributed by atoms with Crippen LogP contribution in [-0.4, -0.2) is 21.6 Å². The van der Waals surface area contributed by atoms with E-state index in [4.69, 9.17) is 11.6 Å². The Morgan fingerprint density at radius 1 is 1.37 bits per heavy atom. The molecule has 1 aromatic carbocycles. The topological polar surface area (TPSA) is 54.9 Å². The molecular formula is C13H10ClN3OS. The second kappa shape index (κ2) is 5.19. The van der Waals surface area contributed by atoms with Crippen LogP contribution in [0.4, 0.5) is 5.82 Å². The van der Waals surface area contributed by atoms with Crippen molar-refractivity contribution in [2.75, 3.05) is 11.1 Å². The molecule has 1 aromatic heterocycles. The number of nitrogens with one attached hydrogen (secondary N) is 1. The summed E-state index contributed by atoms with van der Waals surface area (Å²) in [6.07, 6.45) is 1.52. The molecule has 1 amide bonds. The van der Waals surface area contributed by atoms with Crippen LogP contribution in [0.5, 0.6) is 0 Å². The predicted octanol–water partition coefficient (Wildman–Crippen LogP) is 2.96. The Morgan fingerprint density at radius 3 is 3.05 bits per heavy atom. The Kier molecular flexibility index (Phi) is 3.40. The van der Waals surface area contributed by atoms with E-state index >= 15 is 0 Å². The summed E-state index contributed by atoms with van der Waals surface area (Å²) < 4.78 is 0. The maximum absolute atomic E-state index is 12.3. The van der Waals surface area contributed by atoms with Gasteiger partial charge in [-0.05, 0) is 29.3 Å². The van der Waals surface area contributed by atoms with Crippen LogP contribution < -0.4 is 5.32 Å². The van der Waals surface area contributed by atoms with Gasteiger partial charge in [-0.2, -0.15) is 0 Å². The monoisotopic (exact) mass is 291 g/mol. The minimum atomic E-state index is -0.144. The minimum absolute atomic E-state index is 0.0628. The van der Waals surface area contributed by atoms with Crippen LogP contribution in [0.25, 0.3) is 0 Å². The van der Waals surface area contributed by atoms with E-state index in [2.05, 4.69) is 15.3 Å². The van der Waals surface area contributed by atoms with Crippen molar-refractivity contribution in [1.82, 2.24) is 9.97 Å². The fourth-order valence-corrected chi connectivity index (χ4v) is 3.37. The van der Waals surface area contributed by atoms with Gasteiger partial charge >= 0.3 is 0 Å². The number of halogens is 1. The van der Waals surface area contributed by atoms with E-state index in [1.807, 2.05) is 24.3 Å². The standard InChI is InChI=1S/C13H10ClN3OS/c14-13-15-6-5-11(17-13)16-12(18)9-7-19-10-4-2-1-3-8(9)10/h1-6,9H,7H2,(H,15,16,17,18). The van der Waals surface area contributed by atoms with Crippen molar-refractivity contribution in [3.63, 3.8) is 0 Å². The van der Waals surface area contributed by atoms with Crippen LogP contribution in [0.2, 0.25) is 5.28 Å². The van der Waals surface area contributed by atoms with Gasteiger partial charge in [0.25, 0.3) is 0 Å². The summed E-state index contributed by atoms with van der Waals surface area (Å²) in [5, 5.41) is 2.90. The van der Waals surface area contributed by atoms with Gasteiger partial charge in [-0.1, -0.05) is 18.2 Å². The number of carbonyl (C=O) groups excluding carboxylic acids is 1. The average Bonchev–Trinajstić information content (AvgIpc) is 2.82. The summed E-state index contributed by atoms with van der Waals surface area (Å²) in [7, 11) is 0. The molecule has 19 heavy (non-hydrogen) atoms. The largest absolute Gasteiger partial charge is 0.310 e. The van der Waals surface area contributed by atoms with Crippen molar-refractivity contribution in [2.45, 2.75) is 10.8 Å².